The van der Waals surface area contributed by atoms with E-state index in [1.165, 1.54) is 0 Å². The Morgan fingerprint density at radius 3 is 2.52 bits per heavy atom. The number of halogens is 1. The Labute approximate surface area is 159 Å². The SMILES string of the molecule is CC(C)(C)N/N=C/c1sc(N2CCOCC2)nc1-c1ccccc1.Cl. The van der Waals surface area contributed by atoms with Crippen LogP contribution in [0.4, 0.5) is 5.13 Å². The molecule has 0 bridgehead atoms. The van der Waals surface area contributed by atoms with Gasteiger partial charge in [-0.05, 0) is 20.8 Å². The largest absolute Gasteiger partial charge is 0.378 e. The molecule has 1 aliphatic heterocycles. The van der Waals surface area contributed by atoms with E-state index in [-0.39, 0.29) is 17.9 Å². The monoisotopic (exact) mass is 380 g/mol. The number of hydrazone groups is 1. The Balaban J connectivity index is 0.00000225. The molecule has 3 rings (SSSR count). The fourth-order valence-electron chi connectivity index (χ4n) is 2.39. The second-order valence-corrected chi connectivity index (χ2v) is 7.80. The van der Waals surface area contributed by atoms with Gasteiger partial charge in [-0.1, -0.05) is 41.7 Å². The number of anilines is 1. The van der Waals surface area contributed by atoms with Crippen molar-refractivity contribution in [3.05, 3.63) is 35.2 Å². The van der Waals surface area contributed by atoms with Crippen molar-refractivity contribution in [1.29, 1.82) is 0 Å². The maximum Gasteiger partial charge on any atom is 0.186 e. The summed E-state index contributed by atoms with van der Waals surface area (Å²) < 4.78 is 5.44. The molecule has 1 fully saturated rings. The molecular formula is C18H25ClN4OS. The third-order valence-electron chi connectivity index (χ3n) is 3.55. The second kappa shape index (κ2) is 8.65. The third kappa shape index (κ3) is 5.42. The maximum absolute atomic E-state index is 5.44. The van der Waals surface area contributed by atoms with E-state index in [1.54, 1.807) is 11.3 Å². The number of nitrogens with one attached hydrogen (secondary N) is 1. The highest BCUT2D eigenvalue weighted by molar-refractivity contribution is 7.17. The smallest absolute Gasteiger partial charge is 0.186 e. The van der Waals surface area contributed by atoms with E-state index in [4.69, 9.17) is 9.72 Å². The average Bonchev–Trinajstić information content (AvgIpc) is 2.99. The van der Waals surface area contributed by atoms with Gasteiger partial charge in [0.2, 0.25) is 0 Å². The maximum atomic E-state index is 5.44. The number of aromatic nitrogens is 1. The molecule has 2 aromatic rings. The van der Waals surface area contributed by atoms with Gasteiger partial charge < -0.3 is 15.1 Å². The van der Waals surface area contributed by atoms with Crippen LogP contribution in [0.3, 0.4) is 0 Å². The number of nitrogens with zero attached hydrogens (tertiary/aromatic N) is 3. The Hall–Kier alpha value is -1.63. The highest BCUT2D eigenvalue weighted by atomic mass is 35.5. The minimum absolute atomic E-state index is 0. The zero-order valence-electron chi connectivity index (χ0n) is 14.9. The normalized spacial score (nSPS) is 15.2. The van der Waals surface area contributed by atoms with Crippen molar-refractivity contribution in [3.8, 4) is 11.3 Å². The number of hydrogen-bond acceptors (Lipinski definition) is 6. The lowest BCUT2D eigenvalue weighted by atomic mass is 10.1. The molecule has 1 N–H and O–H groups in total. The zero-order valence-corrected chi connectivity index (χ0v) is 16.5. The van der Waals surface area contributed by atoms with Crippen LogP contribution in [-0.4, -0.2) is 43.0 Å². The zero-order chi connectivity index (χ0) is 17.0. The van der Waals surface area contributed by atoms with Crippen LogP contribution in [0.15, 0.2) is 35.4 Å². The number of ether oxygens (including phenoxy) is 1. The molecule has 136 valence electrons. The molecule has 25 heavy (non-hydrogen) atoms. The lowest BCUT2D eigenvalue weighted by Crippen LogP contribution is -2.36. The number of rotatable bonds is 4. The summed E-state index contributed by atoms with van der Waals surface area (Å²) in [7, 11) is 0. The van der Waals surface area contributed by atoms with Crippen LogP contribution >= 0.6 is 23.7 Å². The summed E-state index contributed by atoms with van der Waals surface area (Å²) in [5, 5.41) is 5.45. The molecule has 2 heterocycles. The predicted octanol–water partition coefficient (Wildman–Crippen LogP) is 3.79. The van der Waals surface area contributed by atoms with E-state index in [1.807, 2.05) is 24.4 Å². The molecule has 0 saturated carbocycles. The van der Waals surface area contributed by atoms with Crippen molar-refractivity contribution in [2.24, 2.45) is 5.10 Å². The molecule has 1 aromatic heterocycles. The van der Waals surface area contributed by atoms with Crippen molar-refractivity contribution in [1.82, 2.24) is 10.4 Å². The van der Waals surface area contributed by atoms with Crippen molar-refractivity contribution in [2.45, 2.75) is 26.3 Å². The Kier molecular flexibility index (Phi) is 6.81. The van der Waals surface area contributed by atoms with E-state index in [9.17, 15) is 0 Å². The predicted molar refractivity (Wildman–Crippen MR) is 108 cm³/mol. The summed E-state index contributed by atoms with van der Waals surface area (Å²) in [5.74, 6) is 0. The van der Waals surface area contributed by atoms with Crippen LogP contribution < -0.4 is 10.3 Å². The van der Waals surface area contributed by atoms with Gasteiger partial charge in [-0.15, -0.1) is 12.4 Å². The lowest BCUT2D eigenvalue weighted by Gasteiger charge is -2.26. The van der Waals surface area contributed by atoms with E-state index in [0.29, 0.717) is 0 Å². The summed E-state index contributed by atoms with van der Waals surface area (Å²) in [6, 6.07) is 10.3. The third-order valence-corrected chi connectivity index (χ3v) is 4.60. The van der Waals surface area contributed by atoms with Crippen molar-refractivity contribution < 1.29 is 4.74 Å². The van der Waals surface area contributed by atoms with Gasteiger partial charge in [0, 0.05) is 24.2 Å². The minimum atomic E-state index is -0.0544. The molecule has 0 aliphatic carbocycles. The summed E-state index contributed by atoms with van der Waals surface area (Å²) >= 11 is 1.68. The minimum Gasteiger partial charge on any atom is -0.378 e. The van der Waals surface area contributed by atoms with Crippen molar-refractivity contribution >= 4 is 35.1 Å². The van der Waals surface area contributed by atoms with Crippen LogP contribution in [0.25, 0.3) is 11.3 Å². The summed E-state index contributed by atoms with van der Waals surface area (Å²) in [4.78, 5) is 8.24. The first-order chi connectivity index (χ1) is 11.5. The van der Waals surface area contributed by atoms with E-state index < -0.39 is 0 Å². The number of morpholine rings is 1. The van der Waals surface area contributed by atoms with Gasteiger partial charge >= 0.3 is 0 Å². The fraction of sp³-hybridized carbons (Fsp3) is 0.444. The molecule has 1 aromatic carbocycles. The number of thiazole rings is 1. The van der Waals surface area contributed by atoms with Crippen molar-refractivity contribution in [2.75, 3.05) is 31.2 Å². The molecule has 7 heteroatoms. The van der Waals surface area contributed by atoms with Gasteiger partial charge in [-0.2, -0.15) is 5.10 Å². The Morgan fingerprint density at radius 2 is 1.88 bits per heavy atom. The van der Waals surface area contributed by atoms with Gasteiger partial charge in [-0.3, -0.25) is 0 Å². The van der Waals surface area contributed by atoms with E-state index >= 15 is 0 Å². The van der Waals surface area contributed by atoms with Gasteiger partial charge in [0.25, 0.3) is 0 Å². The van der Waals surface area contributed by atoms with Crippen LogP contribution in [0.5, 0.6) is 0 Å². The molecule has 5 nitrogen and oxygen atoms in total. The molecule has 1 aliphatic rings. The molecule has 0 radical (unpaired) electrons. The molecule has 0 unspecified atom stereocenters. The van der Waals surface area contributed by atoms with E-state index in [2.05, 4.69) is 48.3 Å². The molecule has 0 atom stereocenters. The first kappa shape index (κ1) is 19.7. The Bertz CT molecular complexity index is 691. The molecule has 1 saturated heterocycles. The average molecular weight is 381 g/mol. The van der Waals surface area contributed by atoms with Gasteiger partial charge in [0.05, 0.1) is 30.0 Å². The lowest BCUT2D eigenvalue weighted by molar-refractivity contribution is 0.122. The molecule has 0 spiro atoms. The van der Waals surface area contributed by atoms with Crippen LogP contribution in [0.2, 0.25) is 0 Å². The van der Waals surface area contributed by atoms with Crippen LogP contribution in [0, 0.1) is 0 Å². The number of hydrogen-bond donors (Lipinski definition) is 1. The van der Waals surface area contributed by atoms with Crippen LogP contribution in [0.1, 0.15) is 25.6 Å². The fourth-order valence-corrected chi connectivity index (χ4v) is 3.40. The highest BCUT2D eigenvalue weighted by Gasteiger charge is 2.19. The first-order valence-electron chi connectivity index (χ1n) is 8.22. The molecular weight excluding hydrogens is 356 g/mol. The van der Waals surface area contributed by atoms with Gasteiger partial charge in [0.15, 0.2) is 5.13 Å². The van der Waals surface area contributed by atoms with Crippen LogP contribution in [-0.2, 0) is 4.74 Å². The second-order valence-electron chi connectivity index (χ2n) is 6.79. The standard InChI is InChI=1S/C18H24N4OS.ClH/c1-18(2,3)21-19-13-15-16(14-7-5-4-6-8-14)20-17(24-15)22-9-11-23-12-10-22;/h4-8,13,21H,9-12H2,1-3H3;1H/b19-13+;. The van der Waals surface area contributed by atoms with Gasteiger partial charge in [-0.25, -0.2) is 4.98 Å². The highest BCUT2D eigenvalue weighted by Crippen LogP contribution is 2.32. The first-order valence-corrected chi connectivity index (χ1v) is 9.04. The quantitative estimate of drug-likeness (QED) is 0.647. The molecule has 0 amide bonds. The Morgan fingerprint density at radius 1 is 1.20 bits per heavy atom. The van der Waals surface area contributed by atoms with E-state index in [0.717, 1.165) is 47.6 Å². The van der Waals surface area contributed by atoms with Gasteiger partial charge in [0.1, 0.15) is 0 Å². The summed E-state index contributed by atoms with van der Waals surface area (Å²) in [5.41, 5.74) is 5.20. The summed E-state index contributed by atoms with van der Waals surface area (Å²) in [6.45, 7) is 9.57. The number of benzene rings is 1. The topological polar surface area (TPSA) is 49.8 Å². The van der Waals surface area contributed by atoms with Crippen molar-refractivity contribution in [3.63, 3.8) is 0 Å². The summed E-state index contributed by atoms with van der Waals surface area (Å²) in [6.07, 6.45) is 1.88.